The summed E-state index contributed by atoms with van der Waals surface area (Å²) in [6.45, 7) is 7.28. The van der Waals surface area contributed by atoms with Crippen LogP contribution < -0.4 is 21.7 Å². The molecule has 34 heavy (non-hydrogen) atoms. The van der Waals surface area contributed by atoms with E-state index in [2.05, 4.69) is 28.6 Å². The topological polar surface area (TPSA) is 171 Å². The molecule has 1 aromatic carbocycles. The van der Waals surface area contributed by atoms with Crippen molar-refractivity contribution >= 4 is 36.3 Å². The second-order valence-corrected chi connectivity index (χ2v) is 9.34. The predicted octanol–water partition coefficient (Wildman–Crippen LogP) is 0.433. The van der Waals surface area contributed by atoms with Crippen molar-refractivity contribution in [2.45, 2.75) is 64.7 Å². The van der Waals surface area contributed by atoms with Crippen LogP contribution in [0.4, 0.5) is 0 Å². The molecule has 1 rings (SSSR count). The molecule has 0 bridgehead atoms. The molecule has 4 unspecified atom stereocenters. The number of aliphatic carboxylic acids is 1. The van der Waals surface area contributed by atoms with E-state index in [1.165, 1.54) is 12.1 Å². The second-order valence-electron chi connectivity index (χ2n) is 8.97. The summed E-state index contributed by atoms with van der Waals surface area (Å²) in [4.78, 5) is 49.8. The van der Waals surface area contributed by atoms with Crippen LogP contribution in [-0.4, -0.2) is 63.8 Å². The van der Waals surface area contributed by atoms with Gasteiger partial charge >= 0.3 is 5.97 Å². The number of carboxylic acids is 1. The molecule has 0 aliphatic carbocycles. The standard InChI is InChI=1S/C23H36N4O6S/c1-12(2)9-16(20(29)27-18(11-34)23(32)33)25-21(30)17(26-22(31)19(24)13(3)4)10-14-5-7-15(28)8-6-14/h5-8,12-13,16-19,28,34H,9-11,24H2,1-4H3,(H,25,30)(H,26,31)(H,27,29)(H,32,33). The highest BCUT2D eigenvalue weighted by atomic mass is 32.1. The number of nitrogens with two attached hydrogens (primary N) is 1. The molecule has 11 heteroatoms. The Labute approximate surface area is 205 Å². The van der Waals surface area contributed by atoms with E-state index in [9.17, 15) is 29.4 Å². The zero-order chi connectivity index (χ0) is 26.0. The number of phenolic OH excluding ortho intramolecular Hbond substituents is 1. The Morgan fingerprint density at radius 1 is 0.882 bits per heavy atom. The molecular weight excluding hydrogens is 460 g/mol. The Morgan fingerprint density at radius 2 is 1.38 bits per heavy atom. The van der Waals surface area contributed by atoms with Gasteiger partial charge in [-0.2, -0.15) is 12.6 Å². The van der Waals surface area contributed by atoms with Crippen molar-refractivity contribution in [3.05, 3.63) is 29.8 Å². The maximum absolute atomic E-state index is 13.2. The van der Waals surface area contributed by atoms with E-state index in [4.69, 9.17) is 5.73 Å². The van der Waals surface area contributed by atoms with Crippen LogP contribution in [0.5, 0.6) is 5.75 Å². The Balaban J connectivity index is 3.12. The van der Waals surface area contributed by atoms with E-state index in [-0.39, 0.29) is 36.2 Å². The third kappa shape index (κ3) is 9.60. The minimum atomic E-state index is -1.24. The number of phenols is 1. The maximum Gasteiger partial charge on any atom is 0.327 e. The fraction of sp³-hybridized carbons (Fsp3) is 0.565. The molecule has 0 spiro atoms. The molecule has 0 aromatic heterocycles. The van der Waals surface area contributed by atoms with Gasteiger partial charge in [-0.15, -0.1) is 0 Å². The van der Waals surface area contributed by atoms with Gasteiger partial charge in [-0.05, 0) is 36.0 Å². The summed E-state index contributed by atoms with van der Waals surface area (Å²) in [6.07, 6.45) is 0.342. The minimum Gasteiger partial charge on any atom is -0.508 e. The normalized spacial score (nSPS) is 14.7. The molecule has 0 aliphatic heterocycles. The number of benzene rings is 1. The van der Waals surface area contributed by atoms with E-state index >= 15 is 0 Å². The fourth-order valence-corrected chi connectivity index (χ4v) is 3.33. The molecule has 4 atom stereocenters. The van der Waals surface area contributed by atoms with Crippen LogP contribution in [0.3, 0.4) is 0 Å². The number of carbonyl (C=O) groups is 4. The molecule has 0 radical (unpaired) electrons. The molecule has 10 nitrogen and oxygen atoms in total. The van der Waals surface area contributed by atoms with E-state index < -0.39 is 47.9 Å². The van der Waals surface area contributed by atoms with Crippen LogP contribution in [0.25, 0.3) is 0 Å². The van der Waals surface area contributed by atoms with Crippen molar-refractivity contribution in [1.82, 2.24) is 16.0 Å². The summed E-state index contributed by atoms with van der Waals surface area (Å²) < 4.78 is 0. The molecule has 3 amide bonds. The first-order valence-corrected chi connectivity index (χ1v) is 11.8. The van der Waals surface area contributed by atoms with Crippen LogP contribution in [0.1, 0.15) is 39.7 Å². The third-order valence-corrected chi connectivity index (χ3v) is 5.53. The smallest absolute Gasteiger partial charge is 0.327 e. The fourth-order valence-electron chi connectivity index (χ4n) is 3.08. The lowest BCUT2D eigenvalue weighted by Gasteiger charge is -2.26. The van der Waals surface area contributed by atoms with Gasteiger partial charge in [0.1, 0.15) is 23.9 Å². The van der Waals surface area contributed by atoms with Crippen molar-refractivity contribution in [2.75, 3.05) is 5.75 Å². The van der Waals surface area contributed by atoms with Gasteiger partial charge < -0.3 is 31.9 Å². The van der Waals surface area contributed by atoms with Crippen LogP contribution in [0.15, 0.2) is 24.3 Å². The molecule has 190 valence electrons. The molecule has 0 aliphatic rings. The first-order chi connectivity index (χ1) is 15.8. The Hall–Kier alpha value is -2.79. The van der Waals surface area contributed by atoms with Gasteiger partial charge in [-0.25, -0.2) is 4.79 Å². The van der Waals surface area contributed by atoms with Crippen LogP contribution in [0, 0.1) is 11.8 Å². The molecule has 1 aromatic rings. The van der Waals surface area contributed by atoms with Gasteiger partial charge in [0.25, 0.3) is 0 Å². The first-order valence-electron chi connectivity index (χ1n) is 11.1. The van der Waals surface area contributed by atoms with Crippen LogP contribution >= 0.6 is 12.6 Å². The molecule has 0 saturated heterocycles. The lowest BCUT2D eigenvalue weighted by Crippen LogP contribution is -2.58. The summed E-state index contributed by atoms with van der Waals surface area (Å²) in [5.41, 5.74) is 6.60. The summed E-state index contributed by atoms with van der Waals surface area (Å²) in [6, 6.07) is 2.04. The average molecular weight is 497 g/mol. The van der Waals surface area contributed by atoms with Crippen LogP contribution in [0.2, 0.25) is 0 Å². The monoisotopic (exact) mass is 496 g/mol. The van der Waals surface area contributed by atoms with Crippen molar-refractivity contribution in [2.24, 2.45) is 17.6 Å². The predicted molar refractivity (Wildman–Crippen MR) is 131 cm³/mol. The molecular formula is C23H36N4O6S. The number of hydrogen-bond donors (Lipinski definition) is 7. The summed E-state index contributed by atoms with van der Waals surface area (Å²) >= 11 is 3.95. The zero-order valence-electron chi connectivity index (χ0n) is 19.9. The number of thiol groups is 1. The van der Waals surface area contributed by atoms with E-state index in [1.54, 1.807) is 26.0 Å². The van der Waals surface area contributed by atoms with Crippen molar-refractivity contribution in [3.8, 4) is 5.75 Å². The Kier molecular flexibility index (Phi) is 11.9. The number of carboxylic acid groups (broad SMARTS) is 1. The molecule has 0 heterocycles. The van der Waals surface area contributed by atoms with E-state index in [1.807, 2.05) is 13.8 Å². The molecule has 0 fully saturated rings. The van der Waals surface area contributed by atoms with Gasteiger partial charge in [-0.3, -0.25) is 14.4 Å². The second kappa shape index (κ2) is 13.8. The summed E-state index contributed by atoms with van der Waals surface area (Å²) in [7, 11) is 0. The summed E-state index contributed by atoms with van der Waals surface area (Å²) in [5, 5.41) is 26.4. The highest BCUT2D eigenvalue weighted by Gasteiger charge is 2.31. The highest BCUT2D eigenvalue weighted by Crippen LogP contribution is 2.13. The van der Waals surface area contributed by atoms with Crippen molar-refractivity contribution in [1.29, 1.82) is 0 Å². The minimum absolute atomic E-state index is 0.00910. The van der Waals surface area contributed by atoms with Gasteiger partial charge in [0.2, 0.25) is 17.7 Å². The maximum atomic E-state index is 13.2. The quantitative estimate of drug-likeness (QED) is 0.194. The molecule has 0 saturated carbocycles. The van der Waals surface area contributed by atoms with Crippen molar-refractivity contribution < 1.29 is 29.4 Å². The van der Waals surface area contributed by atoms with E-state index in [0.29, 0.717) is 5.56 Å². The van der Waals surface area contributed by atoms with Crippen LogP contribution in [-0.2, 0) is 25.6 Å². The lowest BCUT2D eigenvalue weighted by molar-refractivity contribution is -0.141. The van der Waals surface area contributed by atoms with E-state index in [0.717, 1.165) is 0 Å². The highest BCUT2D eigenvalue weighted by molar-refractivity contribution is 7.80. The number of carbonyl (C=O) groups excluding carboxylic acids is 3. The van der Waals surface area contributed by atoms with Crippen molar-refractivity contribution in [3.63, 3.8) is 0 Å². The van der Waals surface area contributed by atoms with Gasteiger partial charge in [0.15, 0.2) is 0 Å². The van der Waals surface area contributed by atoms with Gasteiger partial charge in [0.05, 0.1) is 6.04 Å². The largest absolute Gasteiger partial charge is 0.508 e. The number of aromatic hydroxyl groups is 1. The first kappa shape index (κ1) is 29.2. The SMILES string of the molecule is CC(C)CC(NC(=O)C(Cc1ccc(O)cc1)NC(=O)C(N)C(C)C)C(=O)NC(CS)C(=O)O. The number of amides is 3. The average Bonchev–Trinajstić information content (AvgIpc) is 2.76. The number of rotatable bonds is 13. The molecule has 7 N–H and O–H groups in total. The van der Waals surface area contributed by atoms with Gasteiger partial charge in [-0.1, -0.05) is 39.8 Å². The Morgan fingerprint density at radius 3 is 1.85 bits per heavy atom. The van der Waals surface area contributed by atoms with Gasteiger partial charge in [0, 0.05) is 12.2 Å². The zero-order valence-corrected chi connectivity index (χ0v) is 20.8. The summed E-state index contributed by atoms with van der Waals surface area (Å²) in [5.74, 6) is -3.23. The third-order valence-electron chi connectivity index (χ3n) is 5.17. The lowest BCUT2D eigenvalue weighted by atomic mass is 9.99. The number of nitrogens with one attached hydrogen (secondary N) is 3. The number of hydrogen-bond acceptors (Lipinski definition) is 7. The Bertz CT molecular complexity index is 846.